The summed E-state index contributed by atoms with van der Waals surface area (Å²) in [5.41, 5.74) is 11.5. The molecule has 0 bridgehead atoms. The SMILES string of the molecule is CCCCCCCCCCCCCCCCC(CCCC(CCCCCCCCCCCCCCCC)C(N)=O)C(N)=O. The van der Waals surface area contributed by atoms with E-state index in [2.05, 4.69) is 13.8 Å². The molecule has 0 rings (SSSR count). The van der Waals surface area contributed by atoms with E-state index in [9.17, 15) is 9.59 Å². The summed E-state index contributed by atoms with van der Waals surface area (Å²) in [6.45, 7) is 4.56. The van der Waals surface area contributed by atoms with Crippen LogP contribution < -0.4 is 11.5 Å². The van der Waals surface area contributed by atoms with Crippen molar-refractivity contribution in [2.75, 3.05) is 0 Å². The molecule has 4 heteroatoms. The van der Waals surface area contributed by atoms with Crippen molar-refractivity contribution in [3.8, 4) is 0 Å². The van der Waals surface area contributed by atoms with E-state index in [0.29, 0.717) is 0 Å². The molecule has 0 aliphatic rings. The highest BCUT2D eigenvalue weighted by Crippen LogP contribution is 2.23. The van der Waals surface area contributed by atoms with Gasteiger partial charge in [0.25, 0.3) is 0 Å². The zero-order chi connectivity index (χ0) is 31.6. The van der Waals surface area contributed by atoms with Crippen molar-refractivity contribution in [2.24, 2.45) is 23.3 Å². The fourth-order valence-electron chi connectivity index (χ4n) is 6.64. The van der Waals surface area contributed by atoms with Gasteiger partial charge in [-0.05, 0) is 25.7 Å². The molecule has 0 aromatic rings. The van der Waals surface area contributed by atoms with Crippen LogP contribution in [-0.2, 0) is 9.59 Å². The van der Waals surface area contributed by atoms with E-state index >= 15 is 0 Å². The number of rotatable bonds is 36. The second kappa shape index (κ2) is 33.8. The van der Waals surface area contributed by atoms with Gasteiger partial charge in [-0.3, -0.25) is 9.59 Å². The number of carbonyl (C=O) groups is 2. The predicted octanol–water partition coefficient (Wildman–Crippen LogP) is 12.1. The highest BCUT2D eigenvalue weighted by atomic mass is 16.1. The van der Waals surface area contributed by atoms with Gasteiger partial charge < -0.3 is 11.5 Å². The molecule has 0 heterocycles. The van der Waals surface area contributed by atoms with E-state index in [1.54, 1.807) is 0 Å². The molecule has 0 aromatic heterocycles. The normalized spacial score (nSPS) is 12.9. The number of hydrogen-bond donors (Lipinski definition) is 2. The van der Waals surface area contributed by atoms with Crippen LogP contribution >= 0.6 is 0 Å². The Hall–Kier alpha value is -1.06. The molecule has 256 valence electrons. The Morgan fingerprint density at radius 1 is 0.326 bits per heavy atom. The molecule has 2 unspecified atom stereocenters. The molecule has 2 amide bonds. The fourth-order valence-corrected chi connectivity index (χ4v) is 6.64. The van der Waals surface area contributed by atoms with Crippen molar-refractivity contribution in [3.05, 3.63) is 0 Å². The molecule has 4 nitrogen and oxygen atoms in total. The molecule has 0 aliphatic heterocycles. The van der Waals surface area contributed by atoms with Crippen molar-refractivity contribution in [2.45, 2.75) is 226 Å². The van der Waals surface area contributed by atoms with Crippen LogP contribution in [0.4, 0.5) is 0 Å². The van der Waals surface area contributed by atoms with Crippen LogP contribution in [0.5, 0.6) is 0 Å². The Morgan fingerprint density at radius 3 is 0.721 bits per heavy atom. The lowest BCUT2D eigenvalue weighted by atomic mass is 9.89. The van der Waals surface area contributed by atoms with Crippen LogP contribution in [0.15, 0.2) is 0 Å². The van der Waals surface area contributed by atoms with Gasteiger partial charge in [0.2, 0.25) is 11.8 Å². The van der Waals surface area contributed by atoms with E-state index in [1.807, 2.05) is 0 Å². The highest BCUT2D eigenvalue weighted by Gasteiger charge is 2.18. The average molecular weight is 607 g/mol. The molecule has 0 aliphatic carbocycles. The van der Waals surface area contributed by atoms with Gasteiger partial charge in [-0.25, -0.2) is 0 Å². The number of amides is 2. The van der Waals surface area contributed by atoms with E-state index in [1.165, 1.54) is 167 Å². The summed E-state index contributed by atoms with van der Waals surface area (Å²) in [5, 5.41) is 0. The Bertz CT molecular complexity index is 544. The first kappa shape index (κ1) is 41.9. The molecule has 0 fully saturated rings. The van der Waals surface area contributed by atoms with Gasteiger partial charge in [-0.1, -0.05) is 200 Å². The lowest BCUT2D eigenvalue weighted by molar-refractivity contribution is -0.122. The summed E-state index contributed by atoms with van der Waals surface area (Å²) >= 11 is 0. The number of carbonyl (C=O) groups excluding carboxylic acids is 2. The maximum absolute atomic E-state index is 12.0. The summed E-state index contributed by atoms with van der Waals surface area (Å²) in [7, 11) is 0. The van der Waals surface area contributed by atoms with Gasteiger partial charge in [-0.15, -0.1) is 0 Å². The topological polar surface area (TPSA) is 86.2 Å². The van der Waals surface area contributed by atoms with Crippen LogP contribution in [0, 0.1) is 11.8 Å². The molecular weight excluding hydrogens is 528 g/mol. The largest absolute Gasteiger partial charge is 0.369 e. The van der Waals surface area contributed by atoms with Gasteiger partial charge in [0.1, 0.15) is 0 Å². The minimum absolute atomic E-state index is 0.0492. The van der Waals surface area contributed by atoms with Crippen LogP contribution in [0.1, 0.15) is 226 Å². The average Bonchev–Trinajstić information content (AvgIpc) is 2.99. The van der Waals surface area contributed by atoms with E-state index in [4.69, 9.17) is 11.5 Å². The quantitative estimate of drug-likeness (QED) is 0.0695. The van der Waals surface area contributed by atoms with Crippen LogP contribution in [0.2, 0.25) is 0 Å². The van der Waals surface area contributed by atoms with Gasteiger partial charge in [0.15, 0.2) is 0 Å². The number of primary amides is 2. The first-order valence-electron chi connectivity index (χ1n) is 19.6. The first-order chi connectivity index (χ1) is 21.0. The second-order valence-corrected chi connectivity index (χ2v) is 13.9. The maximum Gasteiger partial charge on any atom is 0.220 e. The monoisotopic (exact) mass is 607 g/mol. The summed E-state index contributed by atoms with van der Waals surface area (Å²) in [6.07, 6.45) is 41.9. The lowest BCUT2D eigenvalue weighted by Crippen LogP contribution is -2.25. The van der Waals surface area contributed by atoms with Gasteiger partial charge in [0.05, 0.1) is 0 Å². The van der Waals surface area contributed by atoms with Gasteiger partial charge in [-0.2, -0.15) is 0 Å². The van der Waals surface area contributed by atoms with Crippen molar-refractivity contribution >= 4 is 11.8 Å². The Labute approximate surface area is 270 Å². The predicted molar refractivity (Wildman–Crippen MR) is 189 cm³/mol. The van der Waals surface area contributed by atoms with Crippen molar-refractivity contribution in [1.29, 1.82) is 0 Å². The minimum Gasteiger partial charge on any atom is -0.369 e. The van der Waals surface area contributed by atoms with Gasteiger partial charge in [0, 0.05) is 11.8 Å². The van der Waals surface area contributed by atoms with Crippen molar-refractivity contribution in [3.63, 3.8) is 0 Å². The minimum atomic E-state index is -0.169. The van der Waals surface area contributed by atoms with E-state index in [-0.39, 0.29) is 23.7 Å². The van der Waals surface area contributed by atoms with Crippen molar-refractivity contribution < 1.29 is 9.59 Å². The lowest BCUT2D eigenvalue weighted by Gasteiger charge is -2.16. The van der Waals surface area contributed by atoms with Crippen LogP contribution in [-0.4, -0.2) is 11.8 Å². The molecule has 0 saturated carbocycles. The summed E-state index contributed by atoms with van der Waals surface area (Å²) in [6, 6.07) is 0. The molecule has 4 N–H and O–H groups in total. The smallest absolute Gasteiger partial charge is 0.220 e. The van der Waals surface area contributed by atoms with Crippen LogP contribution in [0.25, 0.3) is 0 Å². The third-order valence-electron chi connectivity index (χ3n) is 9.72. The number of hydrogen-bond acceptors (Lipinski definition) is 2. The number of nitrogens with two attached hydrogens (primary N) is 2. The number of unbranched alkanes of at least 4 members (excludes halogenated alkanes) is 26. The highest BCUT2D eigenvalue weighted by molar-refractivity contribution is 5.77. The van der Waals surface area contributed by atoms with Gasteiger partial charge >= 0.3 is 0 Å². The third-order valence-corrected chi connectivity index (χ3v) is 9.72. The van der Waals surface area contributed by atoms with E-state index < -0.39 is 0 Å². The molecule has 43 heavy (non-hydrogen) atoms. The molecule has 2 atom stereocenters. The van der Waals surface area contributed by atoms with Crippen LogP contribution in [0.3, 0.4) is 0 Å². The fraction of sp³-hybridized carbons (Fsp3) is 0.949. The van der Waals surface area contributed by atoms with Crippen molar-refractivity contribution in [1.82, 2.24) is 0 Å². The first-order valence-corrected chi connectivity index (χ1v) is 19.6. The summed E-state index contributed by atoms with van der Waals surface area (Å²) < 4.78 is 0. The summed E-state index contributed by atoms with van der Waals surface area (Å²) in [4.78, 5) is 24.0. The standard InChI is InChI=1S/C39H78N2O2/c1-3-5-7-9-11-13-15-17-19-21-23-25-27-29-32-36(38(40)42)34-31-35-37(39(41)43)33-30-28-26-24-22-20-18-16-14-12-10-8-6-4-2/h36-37H,3-35H2,1-2H3,(H2,40,42)(H2,41,43). The van der Waals surface area contributed by atoms with E-state index in [0.717, 1.165) is 44.9 Å². The third kappa shape index (κ3) is 30.7. The zero-order valence-electron chi connectivity index (χ0n) is 29.5. The Morgan fingerprint density at radius 2 is 0.512 bits per heavy atom. The molecular formula is C39H78N2O2. The zero-order valence-corrected chi connectivity index (χ0v) is 29.5. The molecule has 0 spiro atoms. The molecule has 0 aromatic carbocycles. The molecule has 0 saturated heterocycles. The maximum atomic E-state index is 12.0. The second-order valence-electron chi connectivity index (χ2n) is 13.9. The summed E-state index contributed by atoms with van der Waals surface area (Å²) in [5.74, 6) is -0.437. The Balaban J connectivity index is 3.74. The molecule has 0 radical (unpaired) electrons. The Kier molecular flexibility index (Phi) is 33.0.